The fraction of sp³-hybridized carbons (Fsp3) is 0.727. The molecule has 0 aromatic carbocycles. The molecule has 1 rings (SSSR count). The van der Waals surface area contributed by atoms with E-state index in [0.29, 0.717) is 5.57 Å². The van der Waals surface area contributed by atoms with Gasteiger partial charge in [0.25, 0.3) is 0 Å². The zero-order valence-electron chi connectivity index (χ0n) is 9.22. The van der Waals surface area contributed by atoms with Crippen molar-refractivity contribution in [2.24, 2.45) is 0 Å². The predicted octanol–water partition coefficient (Wildman–Crippen LogP) is 1.64. The van der Waals surface area contributed by atoms with Crippen LogP contribution in [0.5, 0.6) is 0 Å². The van der Waals surface area contributed by atoms with Gasteiger partial charge in [0.2, 0.25) is 0 Å². The van der Waals surface area contributed by atoms with E-state index in [1.54, 1.807) is 6.92 Å². The SMILES string of the molecule is C=C(C)C(=O)OC1CCNC(C)(C)C1. The van der Waals surface area contributed by atoms with Gasteiger partial charge in [0.1, 0.15) is 6.10 Å². The fourth-order valence-corrected chi connectivity index (χ4v) is 1.67. The van der Waals surface area contributed by atoms with Crippen LogP contribution in [0.2, 0.25) is 0 Å². The molecule has 1 N–H and O–H groups in total. The van der Waals surface area contributed by atoms with Gasteiger partial charge in [-0.2, -0.15) is 0 Å². The van der Waals surface area contributed by atoms with Crippen molar-refractivity contribution in [3.05, 3.63) is 12.2 Å². The van der Waals surface area contributed by atoms with E-state index < -0.39 is 0 Å². The van der Waals surface area contributed by atoms with Crippen molar-refractivity contribution in [2.75, 3.05) is 6.54 Å². The second-order valence-corrected chi connectivity index (χ2v) is 4.61. The van der Waals surface area contributed by atoms with E-state index in [0.717, 1.165) is 19.4 Å². The van der Waals surface area contributed by atoms with E-state index in [1.807, 2.05) is 0 Å². The molecule has 3 heteroatoms. The summed E-state index contributed by atoms with van der Waals surface area (Å²) in [5, 5.41) is 3.38. The average Bonchev–Trinajstić information content (AvgIpc) is 2.01. The molecular formula is C11H19NO2. The maximum absolute atomic E-state index is 11.3. The molecule has 1 aliphatic heterocycles. The molecule has 1 saturated heterocycles. The number of piperidine rings is 1. The smallest absolute Gasteiger partial charge is 0.333 e. The van der Waals surface area contributed by atoms with Crippen molar-refractivity contribution in [1.82, 2.24) is 5.32 Å². The summed E-state index contributed by atoms with van der Waals surface area (Å²) in [6.07, 6.45) is 1.80. The van der Waals surface area contributed by atoms with Gasteiger partial charge in [-0.1, -0.05) is 6.58 Å². The minimum Gasteiger partial charge on any atom is -0.459 e. The molecule has 80 valence electrons. The molecule has 0 aromatic rings. The molecule has 0 saturated carbocycles. The second-order valence-electron chi connectivity index (χ2n) is 4.61. The molecule has 0 aromatic heterocycles. The number of ether oxygens (including phenoxy) is 1. The first-order chi connectivity index (χ1) is 6.41. The van der Waals surface area contributed by atoms with Gasteiger partial charge in [-0.3, -0.25) is 0 Å². The molecule has 1 heterocycles. The second kappa shape index (κ2) is 4.13. The Bertz CT molecular complexity index is 246. The van der Waals surface area contributed by atoms with Crippen LogP contribution in [0.15, 0.2) is 12.2 Å². The van der Waals surface area contributed by atoms with Gasteiger partial charge in [-0.25, -0.2) is 4.79 Å². The Morgan fingerprint density at radius 1 is 1.57 bits per heavy atom. The molecule has 0 spiro atoms. The summed E-state index contributed by atoms with van der Waals surface area (Å²) in [6.45, 7) is 10.4. The Morgan fingerprint density at radius 2 is 2.21 bits per heavy atom. The minimum atomic E-state index is -0.271. The Labute approximate surface area is 85.5 Å². The van der Waals surface area contributed by atoms with E-state index in [1.165, 1.54) is 0 Å². The Kier molecular flexibility index (Phi) is 3.32. The summed E-state index contributed by atoms with van der Waals surface area (Å²) in [5.74, 6) is -0.271. The van der Waals surface area contributed by atoms with Crippen LogP contribution in [-0.2, 0) is 9.53 Å². The quantitative estimate of drug-likeness (QED) is 0.540. The molecule has 1 fully saturated rings. The summed E-state index contributed by atoms with van der Waals surface area (Å²) in [7, 11) is 0. The van der Waals surface area contributed by atoms with E-state index in [-0.39, 0.29) is 17.6 Å². The molecule has 3 nitrogen and oxygen atoms in total. The first-order valence-electron chi connectivity index (χ1n) is 5.02. The Hall–Kier alpha value is -0.830. The van der Waals surface area contributed by atoms with Crippen LogP contribution in [-0.4, -0.2) is 24.2 Å². The zero-order chi connectivity index (χ0) is 10.8. The molecule has 1 aliphatic rings. The van der Waals surface area contributed by atoms with E-state index in [9.17, 15) is 4.79 Å². The molecule has 1 atom stereocenters. The first-order valence-corrected chi connectivity index (χ1v) is 5.02. The van der Waals surface area contributed by atoms with Gasteiger partial charge in [0.15, 0.2) is 0 Å². The Morgan fingerprint density at radius 3 is 2.71 bits per heavy atom. The number of hydrogen-bond acceptors (Lipinski definition) is 3. The molecule has 1 unspecified atom stereocenters. The lowest BCUT2D eigenvalue weighted by Crippen LogP contribution is -2.49. The Balaban J connectivity index is 2.46. The number of carbonyl (C=O) groups excluding carboxylic acids is 1. The highest BCUT2D eigenvalue weighted by atomic mass is 16.5. The third kappa shape index (κ3) is 3.14. The van der Waals surface area contributed by atoms with Gasteiger partial charge in [0, 0.05) is 17.5 Å². The molecule has 0 aliphatic carbocycles. The van der Waals surface area contributed by atoms with Crippen molar-refractivity contribution in [2.45, 2.75) is 45.3 Å². The molecule has 0 amide bonds. The van der Waals surface area contributed by atoms with E-state index >= 15 is 0 Å². The van der Waals surface area contributed by atoms with Crippen LogP contribution in [0.25, 0.3) is 0 Å². The number of nitrogens with one attached hydrogen (secondary N) is 1. The first kappa shape index (κ1) is 11.2. The van der Waals surface area contributed by atoms with Crippen LogP contribution < -0.4 is 5.32 Å². The lowest BCUT2D eigenvalue weighted by molar-refractivity contribution is -0.146. The summed E-state index contributed by atoms with van der Waals surface area (Å²) >= 11 is 0. The topological polar surface area (TPSA) is 38.3 Å². The van der Waals surface area contributed by atoms with Crippen LogP contribution in [0.1, 0.15) is 33.6 Å². The highest BCUT2D eigenvalue weighted by Gasteiger charge is 2.29. The fourth-order valence-electron chi connectivity index (χ4n) is 1.67. The van der Waals surface area contributed by atoms with Gasteiger partial charge in [0.05, 0.1) is 0 Å². The minimum absolute atomic E-state index is 0.0375. The highest BCUT2D eigenvalue weighted by molar-refractivity contribution is 5.87. The lowest BCUT2D eigenvalue weighted by atomic mass is 9.91. The van der Waals surface area contributed by atoms with Crippen molar-refractivity contribution >= 4 is 5.97 Å². The van der Waals surface area contributed by atoms with Crippen molar-refractivity contribution in [3.63, 3.8) is 0 Å². The number of esters is 1. The van der Waals surface area contributed by atoms with Crippen molar-refractivity contribution in [1.29, 1.82) is 0 Å². The van der Waals surface area contributed by atoms with Crippen LogP contribution in [0.4, 0.5) is 0 Å². The van der Waals surface area contributed by atoms with Crippen LogP contribution in [0.3, 0.4) is 0 Å². The standard InChI is InChI=1S/C11H19NO2/c1-8(2)10(13)14-9-5-6-12-11(3,4)7-9/h9,12H,1,5-7H2,2-4H3. The maximum atomic E-state index is 11.3. The highest BCUT2D eigenvalue weighted by Crippen LogP contribution is 2.21. The maximum Gasteiger partial charge on any atom is 0.333 e. The number of hydrogen-bond donors (Lipinski definition) is 1. The predicted molar refractivity (Wildman–Crippen MR) is 56.0 cm³/mol. The van der Waals surface area contributed by atoms with E-state index in [4.69, 9.17) is 4.74 Å². The normalized spacial score (nSPS) is 25.5. The summed E-state index contributed by atoms with van der Waals surface area (Å²) in [4.78, 5) is 11.3. The summed E-state index contributed by atoms with van der Waals surface area (Å²) in [5.41, 5.74) is 0.541. The lowest BCUT2D eigenvalue weighted by Gasteiger charge is -2.35. The molecule has 14 heavy (non-hydrogen) atoms. The largest absolute Gasteiger partial charge is 0.459 e. The van der Waals surface area contributed by atoms with Gasteiger partial charge in [-0.15, -0.1) is 0 Å². The van der Waals surface area contributed by atoms with E-state index in [2.05, 4.69) is 25.7 Å². The average molecular weight is 197 g/mol. The van der Waals surface area contributed by atoms with Gasteiger partial charge < -0.3 is 10.1 Å². The van der Waals surface area contributed by atoms with Crippen molar-refractivity contribution < 1.29 is 9.53 Å². The monoisotopic (exact) mass is 197 g/mol. The molecule has 0 radical (unpaired) electrons. The third-order valence-corrected chi connectivity index (χ3v) is 2.43. The van der Waals surface area contributed by atoms with Crippen molar-refractivity contribution in [3.8, 4) is 0 Å². The van der Waals surface area contributed by atoms with Crippen LogP contribution in [0, 0.1) is 0 Å². The summed E-state index contributed by atoms with van der Waals surface area (Å²) in [6, 6.07) is 0. The molecule has 0 bridgehead atoms. The zero-order valence-corrected chi connectivity index (χ0v) is 9.22. The summed E-state index contributed by atoms with van der Waals surface area (Å²) < 4.78 is 5.31. The van der Waals surface area contributed by atoms with Crippen LogP contribution >= 0.6 is 0 Å². The number of rotatable bonds is 2. The number of carbonyl (C=O) groups is 1. The molecular weight excluding hydrogens is 178 g/mol. The van der Waals surface area contributed by atoms with Gasteiger partial charge in [-0.05, 0) is 33.7 Å². The van der Waals surface area contributed by atoms with Gasteiger partial charge >= 0.3 is 5.97 Å². The third-order valence-electron chi connectivity index (χ3n) is 2.43.